The van der Waals surface area contributed by atoms with Gasteiger partial charge in [0.15, 0.2) is 6.10 Å². The van der Waals surface area contributed by atoms with Crippen molar-refractivity contribution in [3.63, 3.8) is 0 Å². The number of methoxy groups -OCH3 is 1. The molecule has 1 heterocycles. The summed E-state index contributed by atoms with van der Waals surface area (Å²) in [6, 6.07) is 15.8. The summed E-state index contributed by atoms with van der Waals surface area (Å²) in [5, 5.41) is 3.01. The van der Waals surface area contributed by atoms with Gasteiger partial charge in [-0.2, -0.15) is 0 Å². The van der Waals surface area contributed by atoms with E-state index in [-0.39, 0.29) is 5.91 Å². The minimum absolute atomic E-state index is 0.102. The van der Waals surface area contributed by atoms with Crippen LogP contribution in [0.2, 0.25) is 0 Å². The van der Waals surface area contributed by atoms with Crippen LogP contribution < -0.4 is 14.8 Å². The van der Waals surface area contributed by atoms with Crippen LogP contribution in [0.15, 0.2) is 48.5 Å². The van der Waals surface area contributed by atoms with Crippen LogP contribution in [0.25, 0.3) is 0 Å². The summed E-state index contributed by atoms with van der Waals surface area (Å²) in [6.07, 6.45) is 2.65. The predicted molar refractivity (Wildman–Crippen MR) is 111 cm³/mol. The summed E-state index contributed by atoms with van der Waals surface area (Å²) in [6.45, 7) is 5.80. The molecule has 2 aromatic rings. The number of nitrogens with zero attached hydrogens (tertiary/aromatic N) is 1. The van der Waals surface area contributed by atoms with Gasteiger partial charge in [-0.05, 0) is 55.6 Å². The molecule has 1 atom stereocenters. The lowest BCUT2D eigenvalue weighted by molar-refractivity contribution is -0.128. The number of carbonyl (C=O) groups excluding carboxylic acids is 1. The molecule has 0 saturated carbocycles. The van der Waals surface area contributed by atoms with Crippen molar-refractivity contribution in [2.45, 2.75) is 45.4 Å². The molecule has 1 unspecified atom stereocenters. The summed E-state index contributed by atoms with van der Waals surface area (Å²) in [5.74, 6) is 1.24. The van der Waals surface area contributed by atoms with Crippen LogP contribution >= 0.6 is 0 Å². The summed E-state index contributed by atoms with van der Waals surface area (Å²) in [4.78, 5) is 15.1. The molecule has 28 heavy (non-hydrogen) atoms. The van der Waals surface area contributed by atoms with Crippen LogP contribution in [0, 0.1) is 0 Å². The van der Waals surface area contributed by atoms with E-state index in [4.69, 9.17) is 9.47 Å². The number of ether oxygens (including phenoxy) is 2. The second-order valence-corrected chi connectivity index (χ2v) is 7.21. The summed E-state index contributed by atoms with van der Waals surface area (Å²) in [7, 11) is 1.61. The van der Waals surface area contributed by atoms with Crippen molar-refractivity contribution in [1.82, 2.24) is 10.2 Å². The highest BCUT2D eigenvalue weighted by molar-refractivity contribution is 5.81. The first-order chi connectivity index (χ1) is 13.7. The molecule has 2 aromatic carbocycles. The molecule has 150 valence electrons. The summed E-state index contributed by atoms with van der Waals surface area (Å²) in [5.41, 5.74) is 2.41. The molecule has 0 radical (unpaired) electrons. The molecule has 1 aliphatic heterocycles. The van der Waals surface area contributed by atoms with E-state index in [1.165, 1.54) is 31.5 Å². The molecule has 1 saturated heterocycles. The largest absolute Gasteiger partial charge is 0.497 e. The molecule has 5 heteroatoms. The van der Waals surface area contributed by atoms with Crippen molar-refractivity contribution in [2.75, 3.05) is 20.2 Å². The van der Waals surface area contributed by atoms with Crippen molar-refractivity contribution in [3.8, 4) is 11.5 Å². The second kappa shape index (κ2) is 10.1. The van der Waals surface area contributed by atoms with Crippen molar-refractivity contribution in [2.24, 2.45) is 0 Å². The maximum atomic E-state index is 12.6. The number of hydrogen-bond donors (Lipinski definition) is 1. The van der Waals surface area contributed by atoms with Gasteiger partial charge in [0, 0.05) is 19.2 Å². The Morgan fingerprint density at radius 2 is 1.79 bits per heavy atom. The van der Waals surface area contributed by atoms with Gasteiger partial charge in [0.2, 0.25) is 0 Å². The lowest BCUT2D eigenvalue weighted by atomic mass is 10.1. The fourth-order valence-corrected chi connectivity index (χ4v) is 3.50. The Morgan fingerprint density at radius 3 is 2.54 bits per heavy atom. The van der Waals surface area contributed by atoms with Crippen LogP contribution in [0.5, 0.6) is 11.5 Å². The van der Waals surface area contributed by atoms with Gasteiger partial charge in [-0.25, -0.2) is 0 Å². The minimum atomic E-state index is -0.528. The first-order valence-electron chi connectivity index (χ1n) is 10.1. The van der Waals surface area contributed by atoms with Crippen molar-refractivity contribution >= 4 is 5.91 Å². The number of rotatable bonds is 9. The standard InChI is InChI=1S/C23H30N2O3/c1-3-22(28-21-11-7-10-20(15-21)27-2)23(26)24-16-18-8-6-9-19(14-18)17-25-12-4-5-13-25/h6-11,14-15,22H,3-5,12-13,16-17H2,1-2H3,(H,24,26). The van der Waals surface area contributed by atoms with E-state index < -0.39 is 6.10 Å². The molecule has 0 aliphatic carbocycles. The Hall–Kier alpha value is -2.53. The van der Waals surface area contributed by atoms with Crippen LogP contribution in [0.4, 0.5) is 0 Å². The van der Waals surface area contributed by atoms with E-state index in [1.807, 2.05) is 25.1 Å². The molecule has 0 aromatic heterocycles. The molecule has 1 amide bonds. The van der Waals surface area contributed by atoms with Gasteiger partial charge < -0.3 is 14.8 Å². The Balaban J connectivity index is 1.54. The number of carbonyl (C=O) groups is 1. The average molecular weight is 383 g/mol. The van der Waals surface area contributed by atoms with Crippen LogP contribution in [-0.2, 0) is 17.9 Å². The maximum Gasteiger partial charge on any atom is 0.261 e. The number of nitrogens with one attached hydrogen (secondary N) is 1. The molecule has 0 spiro atoms. The van der Waals surface area contributed by atoms with Gasteiger partial charge >= 0.3 is 0 Å². The van der Waals surface area contributed by atoms with E-state index >= 15 is 0 Å². The zero-order valence-electron chi connectivity index (χ0n) is 16.8. The van der Waals surface area contributed by atoms with Gasteiger partial charge in [0.1, 0.15) is 11.5 Å². The zero-order chi connectivity index (χ0) is 19.8. The Kier molecular flexibility index (Phi) is 7.31. The fourth-order valence-electron chi connectivity index (χ4n) is 3.50. The highest BCUT2D eigenvalue weighted by Crippen LogP contribution is 2.21. The molecule has 3 rings (SSSR count). The monoisotopic (exact) mass is 382 g/mol. The molecule has 0 bridgehead atoms. The van der Waals surface area contributed by atoms with E-state index in [0.29, 0.717) is 24.5 Å². The summed E-state index contributed by atoms with van der Waals surface area (Å²) < 4.78 is 11.1. The fraction of sp³-hybridized carbons (Fsp3) is 0.435. The first kappa shape index (κ1) is 20.2. The molecule has 1 fully saturated rings. The second-order valence-electron chi connectivity index (χ2n) is 7.21. The van der Waals surface area contributed by atoms with Crippen LogP contribution in [0.3, 0.4) is 0 Å². The van der Waals surface area contributed by atoms with Gasteiger partial charge in [-0.1, -0.05) is 37.3 Å². The SMILES string of the molecule is CCC(Oc1cccc(OC)c1)C(=O)NCc1cccc(CN2CCCC2)c1. The third kappa shape index (κ3) is 5.73. The predicted octanol–water partition coefficient (Wildman–Crippen LogP) is 3.76. The highest BCUT2D eigenvalue weighted by atomic mass is 16.5. The van der Waals surface area contributed by atoms with Gasteiger partial charge in [-0.3, -0.25) is 9.69 Å². The minimum Gasteiger partial charge on any atom is -0.497 e. The van der Waals surface area contributed by atoms with Gasteiger partial charge in [0.25, 0.3) is 5.91 Å². The number of likely N-dealkylation sites (tertiary alicyclic amines) is 1. The Bertz CT molecular complexity index is 772. The summed E-state index contributed by atoms with van der Waals surface area (Å²) >= 11 is 0. The molecule has 1 N–H and O–H groups in total. The number of benzene rings is 2. The van der Waals surface area contributed by atoms with Crippen LogP contribution in [-0.4, -0.2) is 37.1 Å². The number of amides is 1. The topological polar surface area (TPSA) is 50.8 Å². The smallest absolute Gasteiger partial charge is 0.261 e. The normalized spacial score (nSPS) is 15.2. The van der Waals surface area contributed by atoms with E-state index in [2.05, 4.69) is 34.5 Å². The third-order valence-corrected chi connectivity index (χ3v) is 5.05. The van der Waals surface area contributed by atoms with E-state index in [9.17, 15) is 4.79 Å². The van der Waals surface area contributed by atoms with Crippen molar-refractivity contribution in [1.29, 1.82) is 0 Å². The third-order valence-electron chi connectivity index (χ3n) is 5.05. The molecular weight excluding hydrogens is 352 g/mol. The molecule has 5 nitrogen and oxygen atoms in total. The average Bonchev–Trinajstić information content (AvgIpc) is 3.23. The van der Waals surface area contributed by atoms with Crippen molar-refractivity contribution in [3.05, 3.63) is 59.7 Å². The van der Waals surface area contributed by atoms with E-state index in [0.717, 1.165) is 12.1 Å². The highest BCUT2D eigenvalue weighted by Gasteiger charge is 2.18. The Morgan fingerprint density at radius 1 is 1.07 bits per heavy atom. The quantitative estimate of drug-likeness (QED) is 0.717. The maximum absolute atomic E-state index is 12.6. The van der Waals surface area contributed by atoms with Gasteiger partial charge in [0.05, 0.1) is 7.11 Å². The molecular formula is C23H30N2O3. The first-order valence-corrected chi connectivity index (χ1v) is 10.1. The number of hydrogen-bond acceptors (Lipinski definition) is 4. The molecule has 1 aliphatic rings. The lowest BCUT2D eigenvalue weighted by Gasteiger charge is -2.18. The van der Waals surface area contributed by atoms with Crippen molar-refractivity contribution < 1.29 is 14.3 Å². The lowest BCUT2D eigenvalue weighted by Crippen LogP contribution is -2.37. The zero-order valence-corrected chi connectivity index (χ0v) is 16.8. The van der Waals surface area contributed by atoms with Gasteiger partial charge in [-0.15, -0.1) is 0 Å². The Labute approximate surface area is 167 Å². The van der Waals surface area contributed by atoms with Crippen LogP contribution in [0.1, 0.15) is 37.3 Å². The van der Waals surface area contributed by atoms with E-state index in [1.54, 1.807) is 13.2 Å².